The molecule has 1 unspecified atom stereocenters. The summed E-state index contributed by atoms with van der Waals surface area (Å²) in [5, 5.41) is 0. The van der Waals surface area contributed by atoms with Gasteiger partial charge in [-0.1, -0.05) is 27.7 Å². The lowest BCUT2D eigenvalue weighted by Gasteiger charge is -2.48. The van der Waals surface area contributed by atoms with Gasteiger partial charge in [-0.25, -0.2) is 0 Å². The first-order chi connectivity index (χ1) is 18.4. The molecule has 0 radical (unpaired) electrons. The van der Waals surface area contributed by atoms with Crippen molar-refractivity contribution in [2.45, 2.75) is 123 Å². The summed E-state index contributed by atoms with van der Waals surface area (Å²) in [7, 11) is 0. The average Bonchev–Trinajstić information content (AvgIpc) is 2.83. The van der Waals surface area contributed by atoms with Crippen molar-refractivity contribution >= 4 is 35.4 Å². The Morgan fingerprint density at radius 3 is 1.69 bits per heavy atom. The lowest BCUT2D eigenvalue weighted by Crippen LogP contribution is -2.71. The van der Waals surface area contributed by atoms with E-state index < -0.39 is 66.4 Å². The third-order valence-electron chi connectivity index (χ3n) is 5.89. The van der Waals surface area contributed by atoms with Gasteiger partial charge in [0, 0.05) is 38.5 Å². The van der Waals surface area contributed by atoms with Gasteiger partial charge < -0.3 is 28.5 Å². The lowest BCUT2D eigenvalue weighted by molar-refractivity contribution is -0.332. The number of carbonyl (C=O) groups excluding carboxylic acids is 6. The first-order valence-electron chi connectivity index (χ1n) is 13.7. The molecule has 1 aliphatic heterocycles. The van der Waals surface area contributed by atoms with Crippen LogP contribution in [0.5, 0.6) is 0 Å². The van der Waals surface area contributed by atoms with Gasteiger partial charge in [0.2, 0.25) is 0 Å². The van der Waals surface area contributed by atoms with Gasteiger partial charge >= 0.3 is 23.9 Å². The molecule has 12 nitrogen and oxygen atoms in total. The number of hydrogen-bond acceptors (Lipinski definition) is 12. The van der Waals surface area contributed by atoms with E-state index in [9.17, 15) is 28.8 Å². The third kappa shape index (κ3) is 11.0. The molecule has 1 saturated heterocycles. The monoisotopic (exact) mass is 557 g/mol. The van der Waals surface area contributed by atoms with Gasteiger partial charge in [-0.3, -0.25) is 29.7 Å². The second-order valence-electron chi connectivity index (χ2n) is 9.59. The van der Waals surface area contributed by atoms with E-state index in [4.69, 9.17) is 29.4 Å². The number of Topliss-reactive ketones (excluding diaryl/α,β-unsaturated/α-hetero) is 2. The zero-order chi connectivity index (χ0) is 29.6. The zero-order valence-corrected chi connectivity index (χ0v) is 23.7. The van der Waals surface area contributed by atoms with Crippen molar-refractivity contribution in [2.24, 2.45) is 11.7 Å². The number of esters is 4. The molecule has 2 N–H and O–H groups in total. The molecular weight excluding hydrogens is 514 g/mol. The largest absolute Gasteiger partial charge is 0.463 e. The predicted molar refractivity (Wildman–Crippen MR) is 137 cm³/mol. The van der Waals surface area contributed by atoms with Crippen LogP contribution in [-0.2, 0) is 52.5 Å². The number of hydrogen-bond donors (Lipinski definition) is 1. The van der Waals surface area contributed by atoms with Crippen LogP contribution in [0.15, 0.2) is 0 Å². The Bertz CT molecular complexity index is 874. The van der Waals surface area contributed by atoms with Crippen molar-refractivity contribution in [3.8, 4) is 0 Å². The van der Waals surface area contributed by atoms with Gasteiger partial charge in [0.1, 0.15) is 30.2 Å². The highest BCUT2D eigenvalue weighted by molar-refractivity contribution is 5.88. The summed E-state index contributed by atoms with van der Waals surface area (Å²) in [6, 6.07) is 0. The minimum Gasteiger partial charge on any atom is -0.463 e. The second kappa shape index (κ2) is 17.0. The summed E-state index contributed by atoms with van der Waals surface area (Å²) in [5.41, 5.74) is 6.45. The topological polar surface area (TPSA) is 175 Å². The molecule has 222 valence electrons. The van der Waals surface area contributed by atoms with Crippen LogP contribution in [0.2, 0.25) is 0 Å². The van der Waals surface area contributed by atoms with Gasteiger partial charge in [0.15, 0.2) is 12.2 Å². The van der Waals surface area contributed by atoms with Gasteiger partial charge in [-0.15, -0.1) is 0 Å². The summed E-state index contributed by atoms with van der Waals surface area (Å²) in [5.74, 6) is -7.81. The molecule has 5 atom stereocenters. The molecule has 1 aliphatic rings. The fraction of sp³-hybridized carbons (Fsp3) is 0.778. The van der Waals surface area contributed by atoms with E-state index in [0.717, 1.165) is 0 Å². The van der Waals surface area contributed by atoms with E-state index >= 15 is 0 Å². The SMILES string of the molecule is CCCC(=O)OC[C@H]1OC(N)(OC(=O)CCC)[C@@H](C(=O)CCC(C)=O)[C@@H](OC(=O)CCC)[C@@H]1OC(=O)CCC. The van der Waals surface area contributed by atoms with Crippen LogP contribution in [0.25, 0.3) is 0 Å². The fourth-order valence-electron chi connectivity index (χ4n) is 4.08. The molecule has 12 heteroatoms. The summed E-state index contributed by atoms with van der Waals surface area (Å²) < 4.78 is 28.0. The van der Waals surface area contributed by atoms with Gasteiger partial charge in [0.05, 0.1) is 0 Å². The molecule has 0 amide bonds. The Morgan fingerprint density at radius 2 is 1.18 bits per heavy atom. The van der Waals surface area contributed by atoms with Crippen molar-refractivity contribution in [3.63, 3.8) is 0 Å². The van der Waals surface area contributed by atoms with Gasteiger partial charge in [-0.2, -0.15) is 0 Å². The number of nitrogens with two attached hydrogens (primary N) is 1. The molecule has 1 rings (SSSR count). The Hall–Kier alpha value is -2.86. The average molecular weight is 558 g/mol. The molecule has 0 bridgehead atoms. The summed E-state index contributed by atoms with van der Waals surface area (Å²) >= 11 is 0. The lowest BCUT2D eigenvalue weighted by atomic mass is 9.82. The maximum Gasteiger partial charge on any atom is 0.309 e. The second-order valence-corrected chi connectivity index (χ2v) is 9.59. The van der Waals surface area contributed by atoms with Crippen molar-refractivity contribution in [1.29, 1.82) is 0 Å². The van der Waals surface area contributed by atoms with E-state index in [1.54, 1.807) is 27.7 Å². The molecule has 0 aromatic heterocycles. The van der Waals surface area contributed by atoms with Gasteiger partial charge in [-0.05, 0) is 32.6 Å². The molecule has 0 aromatic carbocycles. The standard InChI is InChI=1S/C27H43NO11/c1-6-10-20(31)35-16-19-25(36-21(32)11-7-2)26(37-22(33)12-8-3)24(18(30)15-14-17(5)29)27(28,38-19)39-23(34)13-9-4/h19,24-26H,6-16,28H2,1-5H3/t19-,24+,25-,26-,27?/m1/s1. The van der Waals surface area contributed by atoms with Crippen LogP contribution in [0.4, 0.5) is 0 Å². The Morgan fingerprint density at radius 1 is 0.692 bits per heavy atom. The quantitative estimate of drug-likeness (QED) is 0.157. The zero-order valence-electron chi connectivity index (χ0n) is 23.7. The molecule has 0 spiro atoms. The van der Waals surface area contributed by atoms with Crippen LogP contribution in [-0.4, -0.2) is 66.3 Å². The molecule has 1 heterocycles. The molecule has 1 fully saturated rings. The molecule has 39 heavy (non-hydrogen) atoms. The van der Waals surface area contributed by atoms with Crippen LogP contribution in [0.3, 0.4) is 0 Å². The summed E-state index contributed by atoms with van der Waals surface area (Å²) in [4.78, 5) is 75.1. The summed E-state index contributed by atoms with van der Waals surface area (Å²) in [6.45, 7) is 7.84. The molecule has 0 saturated carbocycles. The van der Waals surface area contributed by atoms with E-state index in [1.165, 1.54) is 6.92 Å². The Kier molecular flexibility index (Phi) is 14.9. The third-order valence-corrected chi connectivity index (χ3v) is 5.89. The molecular formula is C27H43NO11. The minimum atomic E-state index is -2.47. The van der Waals surface area contributed by atoms with Crippen molar-refractivity contribution < 1.29 is 52.5 Å². The number of ketones is 2. The van der Waals surface area contributed by atoms with Crippen molar-refractivity contribution in [1.82, 2.24) is 0 Å². The van der Waals surface area contributed by atoms with Crippen LogP contribution < -0.4 is 5.73 Å². The van der Waals surface area contributed by atoms with Crippen LogP contribution in [0.1, 0.15) is 98.8 Å². The normalized spacial score (nSPS) is 24.4. The predicted octanol–water partition coefficient (Wildman–Crippen LogP) is 2.66. The van der Waals surface area contributed by atoms with Crippen LogP contribution in [0, 0.1) is 5.92 Å². The highest BCUT2D eigenvalue weighted by Gasteiger charge is 2.61. The van der Waals surface area contributed by atoms with E-state index in [-0.39, 0.29) is 44.3 Å². The maximum absolute atomic E-state index is 13.5. The van der Waals surface area contributed by atoms with E-state index in [1.807, 2.05) is 0 Å². The Balaban J connectivity index is 3.65. The van der Waals surface area contributed by atoms with Crippen molar-refractivity contribution in [3.05, 3.63) is 0 Å². The number of carbonyl (C=O) groups is 6. The first kappa shape index (κ1) is 34.2. The fourth-order valence-corrected chi connectivity index (χ4v) is 4.08. The van der Waals surface area contributed by atoms with E-state index in [0.29, 0.717) is 25.7 Å². The molecule has 0 aromatic rings. The maximum atomic E-state index is 13.5. The highest BCUT2D eigenvalue weighted by Crippen LogP contribution is 2.38. The van der Waals surface area contributed by atoms with Crippen LogP contribution >= 0.6 is 0 Å². The smallest absolute Gasteiger partial charge is 0.309 e. The highest BCUT2D eigenvalue weighted by atomic mass is 16.8. The summed E-state index contributed by atoms with van der Waals surface area (Å²) in [6.07, 6.45) is -2.97. The van der Waals surface area contributed by atoms with Crippen molar-refractivity contribution in [2.75, 3.05) is 6.61 Å². The molecule has 0 aliphatic carbocycles. The Labute approximate surface area is 229 Å². The minimum absolute atomic E-state index is 0.0106. The number of rotatable bonds is 17. The number of ether oxygens (including phenoxy) is 5. The van der Waals surface area contributed by atoms with Gasteiger partial charge in [0.25, 0.3) is 5.91 Å². The van der Waals surface area contributed by atoms with E-state index in [2.05, 4.69) is 0 Å². The first-order valence-corrected chi connectivity index (χ1v) is 13.7.